The van der Waals surface area contributed by atoms with E-state index in [1.165, 1.54) is 23.1 Å². The zero-order chi connectivity index (χ0) is 26.0. The van der Waals surface area contributed by atoms with E-state index in [1.807, 2.05) is 25.1 Å². The molecule has 36 heavy (non-hydrogen) atoms. The van der Waals surface area contributed by atoms with Crippen molar-refractivity contribution in [3.8, 4) is 5.75 Å². The number of nitrogens with zero attached hydrogens (tertiary/aromatic N) is 2. The smallest absolute Gasteiger partial charge is 0.276 e. The number of hydrogen-bond acceptors (Lipinski definition) is 7. The molecular formula is C25H26FN3O6S. The van der Waals surface area contributed by atoms with E-state index in [2.05, 4.69) is 10.2 Å². The lowest BCUT2D eigenvalue weighted by Crippen LogP contribution is -2.48. The molecule has 3 aromatic rings. The van der Waals surface area contributed by atoms with Crippen LogP contribution in [0.15, 0.2) is 59.5 Å². The summed E-state index contributed by atoms with van der Waals surface area (Å²) in [5.74, 6) is -2.75. The van der Waals surface area contributed by atoms with Gasteiger partial charge in [-0.05, 0) is 48.6 Å². The lowest BCUT2D eigenvalue weighted by atomic mass is 9.81. The van der Waals surface area contributed by atoms with E-state index in [0.29, 0.717) is 24.0 Å². The topological polar surface area (TPSA) is 130 Å². The summed E-state index contributed by atoms with van der Waals surface area (Å²) < 4.78 is 44.9. The first-order valence-electron chi connectivity index (χ1n) is 11.3. The Balaban J connectivity index is 1.86. The molecule has 0 radical (unpaired) electrons. The van der Waals surface area contributed by atoms with Crippen molar-refractivity contribution >= 4 is 16.0 Å². The second-order valence-electron chi connectivity index (χ2n) is 8.82. The number of likely N-dealkylation sites (tertiary alicyclic amines) is 1. The summed E-state index contributed by atoms with van der Waals surface area (Å²) in [6, 6.07) is 12.4. The largest absolute Gasteiger partial charge is 0.502 e. The van der Waals surface area contributed by atoms with Gasteiger partial charge >= 0.3 is 0 Å². The summed E-state index contributed by atoms with van der Waals surface area (Å²) in [4.78, 5) is 26.6. The lowest BCUT2D eigenvalue weighted by molar-refractivity contribution is 0.0526. The van der Waals surface area contributed by atoms with Crippen molar-refractivity contribution in [2.75, 3.05) is 12.8 Å². The van der Waals surface area contributed by atoms with Gasteiger partial charge in [0.1, 0.15) is 11.9 Å². The number of aromatic amines is 1. The van der Waals surface area contributed by atoms with Crippen LogP contribution in [-0.4, -0.2) is 59.5 Å². The number of hydrogen-bond donors (Lipinski definition) is 2. The molecule has 9 nitrogen and oxygen atoms in total. The van der Waals surface area contributed by atoms with Gasteiger partial charge in [-0.2, -0.15) is 13.5 Å². The molecule has 3 unspecified atom stereocenters. The Labute approximate surface area is 207 Å². The van der Waals surface area contributed by atoms with Gasteiger partial charge in [0.15, 0.2) is 11.4 Å². The number of amides is 1. The normalized spacial score (nSPS) is 17.6. The first-order valence-corrected chi connectivity index (χ1v) is 13.2. The maximum atomic E-state index is 14.3. The molecule has 1 aliphatic heterocycles. The fraction of sp³-hybridized carbons (Fsp3) is 0.320. The van der Waals surface area contributed by atoms with Crippen molar-refractivity contribution in [3.05, 3.63) is 93.2 Å². The molecule has 11 heteroatoms. The fourth-order valence-corrected chi connectivity index (χ4v) is 5.44. The molecule has 2 aromatic carbocycles. The highest BCUT2D eigenvalue weighted by Crippen LogP contribution is 2.39. The van der Waals surface area contributed by atoms with Gasteiger partial charge in [-0.15, -0.1) is 0 Å². The Kier molecular flexibility index (Phi) is 7.23. The SMILES string of the molecule is Cc1ccccc1C(c1cccc(F)c1)C(OS(C)(=O)=O)C1CCCN1C(=O)c1[nH]ncc(=O)c1O. The van der Waals surface area contributed by atoms with Crippen molar-refractivity contribution < 1.29 is 26.9 Å². The van der Waals surface area contributed by atoms with Gasteiger partial charge < -0.3 is 10.0 Å². The Morgan fingerprint density at radius 3 is 2.69 bits per heavy atom. The van der Waals surface area contributed by atoms with E-state index in [0.717, 1.165) is 18.0 Å². The number of H-pyrrole nitrogens is 1. The van der Waals surface area contributed by atoms with Crippen LogP contribution in [0.5, 0.6) is 5.75 Å². The maximum Gasteiger partial charge on any atom is 0.276 e. The number of halogens is 1. The minimum atomic E-state index is -4.02. The van der Waals surface area contributed by atoms with Gasteiger partial charge in [0, 0.05) is 12.5 Å². The van der Waals surface area contributed by atoms with Crippen LogP contribution >= 0.6 is 0 Å². The van der Waals surface area contributed by atoms with Crippen LogP contribution in [0.25, 0.3) is 0 Å². The number of rotatable bonds is 7. The highest BCUT2D eigenvalue weighted by molar-refractivity contribution is 7.86. The van der Waals surface area contributed by atoms with E-state index < -0.39 is 56.8 Å². The summed E-state index contributed by atoms with van der Waals surface area (Å²) in [6.45, 7) is 2.09. The number of aromatic hydroxyl groups is 1. The third-order valence-electron chi connectivity index (χ3n) is 6.33. The highest BCUT2D eigenvalue weighted by Gasteiger charge is 2.43. The van der Waals surface area contributed by atoms with E-state index in [1.54, 1.807) is 12.1 Å². The minimum Gasteiger partial charge on any atom is -0.502 e. The maximum absolute atomic E-state index is 14.3. The first kappa shape index (κ1) is 25.5. The summed E-state index contributed by atoms with van der Waals surface area (Å²) in [6.07, 6.45) is 1.55. The minimum absolute atomic E-state index is 0.229. The molecule has 1 fully saturated rings. The zero-order valence-corrected chi connectivity index (χ0v) is 20.5. The van der Waals surface area contributed by atoms with Gasteiger partial charge in [-0.3, -0.25) is 18.9 Å². The molecule has 1 aliphatic rings. The molecule has 2 heterocycles. The van der Waals surface area contributed by atoms with E-state index in [4.69, 9.17) is 4.18 Å². The molecule has 0 spiro atoms. The molecule has 1 aromatic heterocycles. The molecule has 190 valence electrons. The predicted molar refractivity (Wildman–Crippen MR) is 130 cm³/mol. The number of carbonyl (C=O) groups excluding carboxylic acids is 1. The quantitative estimate of drug-likeness (QED) is 0.463. The second kappa shape index (κ2) is 10.2. The molecule has 0 aliphatic carbocycles. The summed E-state index contributed by atoms with van der Waals surface area (Å²) in [5.41, 5.74) is 0.808. The van der Waals surface area contributed by atoms with Gasteiger partial charge in [0.25, 0.3) is 16.0 Å². The number of aryl methyl sites for hydroxylation is 1. The fourth-order valence-electron chi connectivity index (χ4n) is 4.80. The van der Waals surface area contributed by atoms with Gasteiger partial charge in [-0.25, -0.2) is 4.39 Å². The van der Waals surface area contributed by atoms with E-state index >= 15 is 0 Å². The van der Waals surface area contributed by atoms with Crippen LogP contribution in [-0.2, 0) is 14.3 Å². The van der Waals surface area contributed by atoms with Gasteiger partial charge in [0.2, 0.25) is 5.43 Å². The third kappa shape index (κ3) is 5.31. The number of benzene rings is 2. The highest BCUT2D eigenvalue weighted by atomic mass is 32.2. The average Bonchev–Trinajstić information content (AvgIpc) is 3.30. The number of nitrogens with one attached hydrogen (secondary N) is 1. The van der Waals surface area contributed by atoms with Crippen molar-refractivity contribution in [2.24, 2.45) is 0 Å². The molecule has 3 atom stereocenters. The average molecular weight is 516 g/mol. The van der Waals surface area contributed by atoms with Crippen LogP contribution in [0.3, 0.4) is 0 Å². The van der Waals surface area contributed by atoms with Crippen LogP contribution in [0.2, 0.25) is 0 Å². The zero-order valence-electron chi connectivity index (χ0n) is 19.7. The van der Waals surface area contributed by atoms with Crippen LogP contribution in [0.1, 0.15) is 45.9 Å². The lowest BCUT2D eigenvalue weighted by Gasteiger charge is -2.36. The monoisotopic (exact) mass is 515 g/mol. The Morgan fingerprint density at radius 1 is 1.25 bits per heavy atom. The molecule has 0 bridgehead atoms. The Morgan fingerprint density at radius 2 is 2.00 bits per heavy atom. The first-order chi connectivity index (χ1) is 17.1. The Hall–Kier alpha value is -3.57. The van der Waals surface area contributed by atoms with Crippen LogP contribution in [0.4, 0.5) is 4.39 Å². The van der Waals surface area contributed by atoms with Gasteiger partial charge in [-0.1, -0.05) is 36.4 Å². The van der Waals surface area contributed by atoms with Crippen LogP contribution < -0.4 is 5.43 Å². The summed E-state index contributed by atoms with van der Waals surface area (Å²) in [7, 11) is -4.02. The Bertz CT molecular complexity index is 1440. The van der Waals surface area contributed by atoms with Crippen molar-refractivity contribution in [3.63, 3.8) is 0 Å². The van der Waals surface area contributed by atoms with E-state index in [-0.39, 0.29) is 6.54 Å². The second-order valence-corrected chi connectivity index (χ2v) is 10.4. The standard InChI is InChI=1S/C25H26FN3O6S/c1-15-7-3-4-10-18(15)21(16-8-5-9-17(26)13-16)24(35-36(2,33)34)19-11-6-12-29(19)25(32)22-23(31)20(30)14-27-28-22/h3-5,7-10,13-14,19,21,24H,6,11-12H2,1-2H3,(H,27,31)(H,28,30). The summed E-state index contributed by atoms with van der Waals surface area (Å²) >= 11 is 0. The van der Waals surface area contributed by atoms with E-state index in [9.17, 15) is 27.5 Å². The molecule has 4 rings (SSSR count). The van der Waals surface area contributed by atoms with Crippen molar-refractivity contribution in [1.29, 1.82) is 0 Å². The van der Waals surface area contributed by atoms with Crippen molar-refractivity contribution in [1.82, 2.24) is 15.1 Å². The molecule has 1 amide bonds. The molecular weight excluding hydrogens is 489 g/mol. The summed E-state index contributed by atoms with van der Waals surface area (Å²) in [5, 5.41) is 16.1. The predicted octanol–water partition coefficient (Wildman–Crippen LogP) is 2.70. The van der Waals surface area contributed by atoms with Crippen molar-refractivity contribution in [2.45, 2.75) is 37.8 Å². The van der Waals surface area contributed by atoms with Crippen LogP contribution in [0, 0.1) is 12.7 Å². The molecule has 0 saturated carbocycles. The third-order valence-corrected chi connectivity index (χ3v) is 6.90. The molecule has 2 N–H and O–H groups in total. The number of carbonyl (C=O) groups is 1. The number of aromatic nitrogens is 2. The molecule has 1 saturated heterocycles. The van der Waals surface area contributed by atoms with Gasteiger partial charge in [0.05, 0.1) is 18.5 Å².